The predicted molar refractivity (Wildman–Crippen MR) is 120 cm³/mol. The zero-order valence-corrected chi connectivity index (χ0v) is 18.5. The van der Waals surface area contributed by atoms with Gasteiger partial charge in [-0.05, 0) is 50.2 Å². The molecular weight excluding hydrogens is 425 g/mol. The van der Waals surface area contributed by atoms with Gasteiger partial charge in [0.1, 0.15) is 11.5 Å². The third-order valence-corrected chi connectivity index (χ3v) is 5.18. The number of methoxy groups -OCH3 is 2. The van der Waals surface area contributed by atoms with Crippen molar-refractivity contribution in [2.45, 2.75) is 13.8 Å². The summed E-state index contributed by atoms with van der Waals surface area (Å²) in [5, 5.41) is 5.23. The van der Waals surface area contributed by atoms with Crippen molar-refractivity contribution < 1.29 is 14.3 Å². The Morgan fingerprint density at radius 3 is 2.50 bits per heavy atom. The lowest BCUT2D eigenvalue weighted by molar-refractivity contribution is 0.0952. The molecule has 0 aliphatic rings. The summed E-state index contributed by atoms with van der Waals surface area (Å²) in [7, 11) is 3.04. The number of carbonyl (C=O) groups excluding carboxylic acids is 1. The molecule has 156 valence electrons. The van der Waals surface area contributed by atoms with E-state index in [9.17, 15) is 4.79 Å². The molecule has 0 saturated heterocycles. The molecule has 0 atom stereocenters. The van der Waals surface area contributed by atoms with Crippen molar-refractivity contribution in [3.8, 4) is 17.2 Å². The van der Waals surface area contributed by atoms with Crippen molar-refractivity contribution in [3.63, 3.8) is 0 Å². The fourth-order valence-electron chi connectivity index (χ4n) is 3.16. The standard InChI is InChI=1S/C22H21Cl2N3O3/c1-13-9-15(14(2)27(13)20-8-5-16(23)10-19(20)24)12-25-26-22(28)18-7-6-17(29-3)11-21(18)30-4/h5-12H,1-4H3,(H,26,28)/b25-12-. The van der Waals surface area contributed by atoms with Gasteiger partial charge in [0.25, 0.3) is 5.91 Å². The quantitative estimate of drug-likeness (QED) is 0.419. The lowest BCUT2D eigenvalue weighted by Gasteiger charge is -2.11. The molecular formula is C22H21Cl2N3O3. The fourth-order valence-corrected chi connectivity index (χ4v) is 3.65. The number of carbonyl (C=O) groups is 1. The van der Waals surface area contributed by atoms with Crippen molar-refractivity contribution >= 4 is 35.3 Å². The maximum absolute atomic E-state index is 12.5. The van der Waals surface area contributed by atoms with Crippen LogP contribution in [-0.2, 0) is 0 Å². The maximum Gasteiger partial charge on any atom is 0.275 e. The number of aryl methyl sites for hydroxylation is 1. The predicted octanol–water partition coefficient (Wildman–Crippen LogP) is 5.18. The summed E-state index contributed by atoms with van der Waals surface area (Å²) < 4.78 is 12.4. The molecule has 3 rings (SSSR count). The molecule has 0 bridgehead atoms. The van der Waals surface area contributed by atoms with E-state index in [0.717, 1.165) is 22.6 Å². The number of ether oxygens (including phenoxy) is 2. The second kappa shape index (κ2) is 9.24. The van der Waals surface area contributed by atoms with Gasteiger partial charge in [-0.15, -0.1) is 0 Å². The Bertz CT molecular complexity index is 1120. The van der Waals surface area contributed by atoms with Gasteiger partial charge in [-0.1, -0.05) is 23.2 Å². The maximum atomic E-state index is 12.5. The van der Waals surface area contributed by atoms with Crippen molar-refractivity contribution in [2.24, 2.45) is 5.10 Å². The van der Waals surface area contributed by atoms with E-state index in [1.54, 1.807) is 43.7 Å². The van der Waals surface area contributed by atoms with Gasteiger partial charge in [-0.2, -0.15) is 5.10 Å². The highest BCUT2D eigenvalue weighted by atomic mass is 35.5. The molecule has 0 unspecified atom stereocenters. The molecule has 1 amide bonds. The van der Waals surface area contributed by atoms with Crippen LogP contribution in [0, 0.1) is 13.8 Å². The van der Waals surface area contributed by atoms with E-state index in [1.807, 2.05) is 30.5 Å². The SMILES string of the molecule is COc1ccc(C(=O)N/N=C\c2cc(C)n(-c3ccc(Cl)cc3Cl)c2C)c(OC)c1. The summed E-state index contributed by atoms with van der Waals surface area (Å²) >= 11 is 12.4. The fraction of sp³-hybridized carbons (Fsp3) is 0.182. The van der Waals surface area contributed by atoms with Crippen LogP contribution < -0.4 is 14.9 Å². The number of halogens is 2. The molecule has 0 aliphatic heterocycles. The normalized spacial score (nSPS) is 11.0. The van der Waals surface area contributed by atoms with Crippen LogP contribution in [0.4, 0.5) is 0 Å². The van der Waals surface area contributed by atoms with Crippen LogP contribution in [-0.4, -0.2) is 30.9 Å². The largest absolute Gasteiger partial charge is 0.497 e. The Morgan fingerprint density at radius 2 is 1.83 bits per heavy atom. The Morgan fingerprint density at radius 1 is 1.07 bits per heavy atom. The third-order valence-electron chi connectivity index (χ3n) is 4.64. The minimum Gasteiger partial charge on any atom is -0.497 e. The zero-order chi connectivity index (χ0) is 21.8. The number of hydrazone groups is 1. The lowest BCUT2D eigenvalue weighted by atomic mass is 10.2. The highest BCUT2D eigenvalue weighted by molar-refractivity contribution is 6.35. The van der Waals surface area contributed by atoms with Gasteiger partial charge in [0.2, 0.25) is 0 Å². The molecule has 0 aliphatic carbocycles. The molecule has 1 N–H and O–H groups in total. The first-order valence-corrected chi connectivity index (χ1v) is 9.81. The van der Waals surface area contributed by atoms with Gasteiger partial charge in [0, 0.05) is 28.0 Å². The number of benzene rings is 2. The minimum absolute atomic E-state index is 0.355. The molecule has 0 spiro atoms. The second-order valence-electron chi connectivity index (χ2n) is 6.52. The Balaban J connectivity index is 1.81. The molecule has 0 saturated carbocycles. The van der Waals surface area contributed by atoms with Crippen LogP contribution in [0.25, 0.3) is 5.69 Å². The summed E-state index contributed by atoms with van der Waals surface area (Å²) in [5.41, 5.74) is 6.46. The topological polar surface area (TPSA) is 64.8 Å². The van der Waals surface area contributed by atoms with E-state index in [0.29, 0.717) is 27.1 Å². The summed E-state index contributed by atoms with van der Waals surface area (Å²) in [4.78, 5) is 12.5. The lowest BCUT2D eigenvalue weighted by Crippen LogP contribution is -2.18. The molecule has 1 aromatic heterocycles. The molecule has 0 radical (unpaired) electrons. The number of rotatable bonds is 6. The van der Waals surface area contributed by atoms with E-state index in [4.69, 9.17) is 32.7 Å². The molecule has 3 aromatic rings. The van der Waals surface area contributed by atoms with Gasteiger partial charge in [0.05, 0.1) is 36.7 Å². The van der Waals surface area contributed by atoms with Gasteiger partial charge < -0.3 is 14.0 Å². The summed E-state index contributed by atoms with van der Waals surface area (Å²) in [6.07, 6.45) is 1.59. The van der Waals surface area contributed by atoms with Crippen molar-refractivity contribution in [2.75, 3.05) is 14.2 Å². The van der Waals surface area contributed by atoms with E-state index in [2.05, 4.69) is 10.5 Å². The second-order valence-corrected chi connectivity index (χ2v) is 7.37. The Labute approximate surface area is 185 Å². The summed E-state index contributed by atoms with van der Waals surface area (Å²) in [5.74, 6) is 0.609. The number of nitrogens with zero attached hydrogens (tertiary/aromatic N) is 2. The smallest absolute Gasteiger partial charge is 0.275 e. The zero-order valence-electron chi connectivity index (χ0n) is 17.0. The molecule has 0 fully saturated rings. The molecule has 2 aromatic carbocycles. The number of amides is 1. The van der Waals surface area contributed by atoms with Crippen molar-refractivity contribution in [1.82, 2.24) is 9.99 Å². The van der Waals surface area contributed by atoms with Crippen molar-refractivity contribution in [1.29, 1.82) is 0 Å². The van der Waals surface area contributed by atoms with Gasteiger partial charge >= 0.3 is 0 Å². The van der Waals surface area contributed by atoms with Crippen LogP contribution in [0.1, 0.15) is 27.3 Å². The van der Waals surface area contributed by atoms with Crippen LogP contribution in [0.3, 0.4) is 0 Å². The Hall–Kier alpha value is -2.96. The van der Waals surface area contributed by atoms with Gasteiger partial charge in [-0.25, -0.2) is 5.43 Å². The van der Waals surface area contributed by atoms with E-state index in [-0.39, 0.29) is 5.91 Å². The number of nitrogens with one attached hydrogen (secondary N) is 1. The van der Waals surface area contributed by atoms with Crippen LogP contribution >= 0.6 is 23.2 Å². The van der Waals surface area contributed by atoms with Gasteiger partial charge in [0.15, 0.2) is 0 Å². The molecule has 6 nitrogen and oxygen atoms in total. The Kier molecular flexibility index (Phi) is 6.70. The highest BCUT2D eigenvalue weighted by Gasteiger charge is 2.14. The van der Waals surface area contributed by atoms with Gasteiger partial charge in [-0.3, -0.25) is 4.79 Å². The number of aromatic nitrogens is 1. The molecule has 8 heteroatoms. The molecule has 1 heterocycles. The first kappa shape index (κ1) is 21.7. The average Bonchev–Trinajstić information content (AvgIpc) is 3.00. The van der Waals surface area contributed by atoms with Crippen LogP contribution in [0.2, 0.25) is 10.0 Å². The number of hydrogen-bond donors (Lipinski definition) is 1. The third kappa shape index (κ3) is 4.45. The first-order chi connectivity index (χ1) is 14.3. The molecule has 30 heavy (non-hydrogen) atoms. The van der Waals surface area contributed by atoms with Crippen LogP contribution in [0.15, 0.2) is 47.6 Å². The van der Waals surface area contributed by atoms with Crippen molar-refractivity contribution in [3.05, 3.63) is 75.0 Å². The summed E-state index contributed by atoms with van der Waals surface area (Å²) in [6.45, 7) is 3.92. The average molecular weight is 446 g/mol. The number of hydrogen-bond acceptors (Lipinski definition) is 4. The highest BCUT2D eigenvalue weighted by Crippen LogP contribution is 2.28. The van der Waals surface area contributed by atoms with E-state index in [1.165, 1.54) is 7.11 Å². The van der Waals surface area contributed by atoms with Crippen LogP contribution in [0.5, 0.6) is 11.5 Å². The monoisotopic (exact) mass is 445 g/mol. The van der Waals surface area contributed by atoms with E-state index >= 15 is 0 Å². The summed E-state index contributed by atoms with van der Waals surface area (Å²) in [6, 6.07) is 12.3. The first-order valence-electron chi connectivity index (χ1n) is 9.05. The minimum atomic E-state index is -0.389. The van der Waals surface area contributed by atoms with E-state index < -0.39 is 0 Å².